The summed E-state index contributed by atoms with van der Waals surface area (Å²) < 4.78 is 0. The quantitative estimate of drug-likeness (QED) is 0.909. The van der Waals surface area contributed by atoms with Crippen LogP contribution in [0.2, 0.25) is 0 Å². The lowest BCUT2D eigenvalue weighted by Gasteiger charge is -2.22. The largest absolute Gasteiger partial charge is 0.363 e. The van der Waals surface area contributed by atoms with Crippen LogP contribution in [0.15, 0.2) is 29.3 Å². The third-order valence-electron chi connectivity index (χ3n) is 3.45. The summed E-state index contributed by atoms with van der Waals surface area (Å²) >= 11 is 1.50. The Balaban J connectivity index is 0.00000147. The molecule has 6 heteroatoms. The third-order valence-corrected chi connectivity index (χ3v) is 4.39. The molecule has 3 rings (SSSR count). The minimum Gasteiger partial charge on any atom is -0.363 e. The summed E-state index contributed by atoms with van der Waals surface area (Å²) in [7, 11) is 0. The van der Waals surface area contributed by atoms with E-state index in [1.165, 1.54) is 17.3 Å². The van der Waals surface area contributed by atoms with Gasteiger partial charge in [0.1, 0.15) is 0 Å². The molecule has 2 heterocycles. The monoisotopic (exact) mass is 311 g/mol. The highest BCUT2D eigenvalue weighted by atomic mass is 35.5. The van der Waals surface area contributed by atoms with Gasteiger partial charge in [0.2, 0.25) is 5.91 Å². The number of carbonyl (C=O) groups is 1. The number of nitrogens with one attached hydrogen (secondary N) is 1. The molecule has 108 valence electrons. The molecule has 0 saturated heterocycles. The number of aliphatic imine (C=N–C) groups is 1. The van der Waals surface area contributed by atoms with Crippen molar-refractivity contribution in [2.75, 3.05) is 23.7 Å². The van der Waals surface area contributed by atoms with E-state index >= 15 is 0 Å². The first-order valence-electron chi connectivity index (χ1n) is 6.57. The van der Waals surface area contributed by atoms with Crippen molar-refractivity contribution >= 4 is 40.9 Å². The molecular formula is C14H18ClN3OS. The van der Waals surface area contributed by atoms with Gasteiger partial charge in [-0.15, -0.1) is 12.4 Å². The number of carbonyl (C=O) groups excluding carboxylic acids is 1. The van der Waals surface area contributed by atoms with Crippen LogP contribution in [0, 0.1) is 0 Å². The SMILES string of the molecule is CC1Cc2ccccc2N1C(=O)CSC1=NCCN1.Cl. The molecule has 1 atom stereocenters. The fraction of sp³-hybridized carbons (Fsp3) is 0.429. The molecule has 0 spiro atoms. The number of hydrogen-bond donors (Lipinski definition) is 1. The van der Waals surface area contributed by atoms with Gasteiger partial charge in [-0.05, 0) is 25.0 Å². The molecule has 0 bridgehead atoms. The minimum absolute atomic E-state index is 0. The van der Waals surface area contributed by atoms with Crippen molar-refractivity contribution in [1.29, 1.82) is 0 Å². The van der Waals surface area contributed by atoms with E-state index in [4.69, 9.17) is 0 Å². The number of halogens is 1. The van der Waals surface area contributed by atoms with E-state index in [1.54, 1.807) is 0 Å². The van der Waals surface area contributed by atoms with Gasteiger partial charge >= 0.3 is 0 Å². The van der Waals surface area contributed by atoms with Gasteiger partial charge in [-0.2, -0.15) is 0 Å². The molecule has 0 fully saturated rings. The number of anilines is 1. The molecule has 1 aromatic rings. The number of amides is 1. The zero-order valence-electron chi connectivity index (χ0n) is 11.3. The van der Waals surface area contributed by atoms with Crippen LogP contribution in [0.3, 0.4) is 0 Å². The molecule has 1 aromatic carbocycles. The fourth-order valence-corrected chi connectivity index (χ4v) is 3.40. The fourth-order valence-electron chi connectivity index (χ4n) is 2.62. The van der Waals surface area contributed by atoms with E-state index in [0.29, 0.717) is 5.75 Å². The molecule has 1 amide bonds. The second kappa shape index (κ2) is 6.50. The maximum Gasteiger partial charge on any atom is 0.237 e. The Kier molecular flexibility index (Phi) is 4.94. The van der Waals surface area contributed by atoms with E-state index < -0.39 is 0 Å². The molecule has 0 aliphatic carbocycles. The van der Waals surface area contributed by atoms with Gasteiger partial charge in [0.05, 0.1) is 12.3 Å². The van der Waals surface area contributed by atoms with Crippen LogP contribution in [-0.4, -0.2) is 36.0 Å². The second-order valence-electron chi connectivity index (χ2n) is 4.85. The van der Waals surface area contributed by atoms with Crippen LogP contribution in [0.25, 0.3) is 0 Å². The van der Waals surface area contributed by atoms with Crippen LogP contribution in [0.5, 0.6) is 0 Å². The summed E-state index contributed by atoms with van der Waals surface area (Å²) in [5.41, 5.74) is 2.34. The Labute approximate surface area is 129 Å². The van der Waals surface area contributed by atoms with Crippen LogP contribution in [-0.2, 0) is 11.2 Å². The van der Waals surface area contributed by atoms with E-state index in [2.05, 4.69) is 23.3 Å². The first-order valence-corrected chi connectivity index (χ1v) is 7.55. The summed E-state index contributed by atoms with van der Waals surface area (Å²) in [5.74, 6) is 0.615. The zero-order valence-corrected chi connectivity index (χ0v) is 13.0. The van der Waals surface area contributed by atoms with Gasteiger partial charge in [-0.1, -0.05) is 30.0 Å². The molecule has 20 heavy (non-hydrogen) atoms. The predicted octanol–water partition coefficient (Wildman–Crippen LogP) is 2.08. The van der Waals surface area contributed by atoms with Crippen LogP contribution in [0.1, 0.15) is 12.5 Å². The van der Waals surface area contributed by atoms with E-state index in [0.717, 1.165) is 30.4 Å². The summed E-state index contributed by atoms with van der Waals surface area (Å²) in [5, 5.41) is 4.07. The van der Waals surface area contributed by atoms with Gasteiger partial charge in [0.25, 0.3) is 0 Å². The molecule has 0 saturated carbocycles. The Bertz CT molecular complexity index is 535. The molecule has 1 unspecified atom stereocenters. The predicted molar refractivity (Wildman–Crippen MR) is 87.1 cm³/mol. The number of amidine groups is 1. The number of thioether (sulfide) groups is 1. The highest BCUT2D eigenvalue weighted by molar-refractivity contribution is 8.14. The Morgan fingerprint density at radius 2 is 2.30 bits per heavy atom. The van der Waals surface area contributed by atoms with Gasteiger partial charge < -0.3 is 10.2 Å². The first kappa shape index (κ1) is 15.2. The Morgan fingerprint density at radius 1 is 1.50 bits per heavy atom. The van der Waals surface area contributed by atoms with E-state index in [9.17, 15) is 4.79 Å². The molecule has 0 aromatic heterocycles. The van der Waals surface area contributed by atoms with Crippen LogP contribution >= 0.6 is 24.2 Å². The Morgan fingerprint density at radius 3 is 3.05 bits per heavy atom. The van der Waals surface area contributed by atoms with E-state index in [1.807, 2.05) is 23.1 Å². The average Bonchev–Trinajstić information content (AvgIpc) is 3.02. The standard InChI is InChI=1S/C14H17N3OS.ClH/c1-10-8-11-4-2-3-5-12(11)17(10)13(18)9-19-14-15-6-7-16-14;/h2-5,10H,6-9H2,1H3,(H,15,16);1H. The molecule has 2 aliphatic rings. The molecule has 4 nitrogen and oxygen atoms in total. The molecule has 2 aliphatic heterocycles. The summed E-state index contributed by atoms with van der Waals surface area (Å²) in [6.45, 7) is 3.81. The molecular weight excluding hydrogens is 294 g/mol. The normalized spacial score (nSPS) is 19.9. The number of fused-ring (bicyclic) bond motifs is 1. The molecule has 0 radical (unpaired) electrons. The lowest BCUT2D eigenvalue weighted by Crippen LogP contribution is -2.37. The topological polar surface area (TPSA) is 44.7 Å². The summed E-state index contributed by atoms with van der Waals surface area (Å²) in [6.07, 6.45) is 0.950. The van der Waals surface area contributed by atoms with Crippen molar-refractivity contribution < 1.29 is 4.79 Å². The van der Waals surface area contributed by atoms with Crippen molar-refractivity contribution in [3.8, 4) is 0 Å². The number of nitrogens with zero attached hydrogens (tertiary/aromatic N) is 2. The van der Waals surface area contributed by atoms with Crippen molar-refractivity contribution in [3.63, 3.8) is 0 Å². The number of benzene rings is 1. The van der Waals surface area contributed by atoms with Crippen molar-refractivity contribution in [3.05, 3.63) is 29.8 Å². The van der Waals surface area contributed by atoms with Crippen molar-refractivity contribution in [2.45, 2.75) is 19.4 Å². The second-order valence-corrected chi connectivity index (χ2v) is 5.81. The van der Waals surface area contributed by atoms with E-state index in [-0.39, 0.29) is 24.4 Å². The highest BCUT2D eigenvalue weighted by Gasteiger charge is 2.30. The zero-order chi connectivity index (χ0) is 13.2. The maximum absolute atomic E-state index is 12.4. The minimum atomic E-state index is 0. The average molecular weight is 312 g/mol. The first-order chi connectivity index (χ1) is 9.25. The van der Waals surface area contributed by atoms with Gasteiger partial charge in [-0.25, -0.2) is 0 Å². The number of hydrogen-bond acceptors (Lipinski definition) is 4. The number of rotatable bonds is 2. The lowest BCUT2D eigenvalue weighted by atomic mass is 10.1. The van der Waals surface area contributed by atoms with Crippen molar-refractivity contribution in [1.82, 2.24) is 5.32 Å². The maximum atomic E-state index is 12.4. The number of para-hydroxylation sites is 1. The van der Waals surface area contributed by atoms with Crippen LogP contribution < -0.4 is 10.2 Å². The molecule has 1 N–H and O–H groups in total. The van der Waals surface area contributed by atoms with Gasteiger partial charge in [0, 0.05) is 18.3 Å². The smallest absolute Gasteiger partial charge is 0.237 e. The van der Waals surface area contributed by atoms with Gasteiger partial charge in [0.15, 0.2) is 5.17 Å². The van der Waals surface area contributed by atoms with Gasteiger partial charge in [-0.3, -0.25) is 9.79 Å². The van der Waals surface area contributed by atoms with Crippen molar-refractivity contribution in [2.24, 2.45) is 4.99 Å². The highest BCUT2D eigenvalue weighted by Crippen LogP contribution is 2.32. The third kappa shape index (κ3) is 2.94. The Hall–Kier alpha value is -1.20. The van der Waals surface area contributed by atoms with Crippen LogP contribution in [0.4, 0.5) is 5.69 Å². The summed E-state index contributed by atoms with van der Waals surface area (Å²) in [4.78, 5) is 18.6. The lowest BCUT2D eigenvalue weighted by molar-refractivity contribution is -0.116. The summed E-state index contributed by atoms with van der Waals surface area (Å²) in [6, 6.07) is 8.42.